The normalized spacial score (nSPS) is 15.3. The van der Waals surface area contributed by atoms with E-state index in [2.05, 4.69) is 10.3 Å². The van der Waals surface area contributed by atoms with Crippen LogP contribution in [0.15, 0.2) is 41.4 Å². The number of hydrogen-bond acceptors (Lipinski definition) is 2. The fourth-order valence-electron chi connectivity index (χ4n) is 2.10. The number of fused-ring (bicyclic) bond motifs is 1. The van der Waals surface area contributed by atoms with Gasteiger partial charge in [-0.15, -0.1) is 0 Å². The fourth-order valence-corrected chi connectivity index (χ4v) is 2.25. The van der Waals surface area contributed by atoms with Crippen LogP contribution in [0.5, 0.6) is 0 Å². The number of carbonyl (C=O) groups excluding carboxylic acids is 1. The van der Waals surface area contributed by atoms with Crippen LogP contribution >= 0.6 is 11.6 Å². The van der Waals surface area contributed by atoms with Crippen LogP contribution in [-0.4, -0.2) is 11.6 Å². The molecule has 2 aromatic carbocycles. The van der Waals surface area contributed by atoms with Gasteiger partial charge in [-0.1, -0.05) is 11.6 Å². The zero-order valence-corrected chi connectivity index (χ0v) is 11.3. The topological polar surface area (TPSA) is 41.5 Å². The van der Waals surface area contributed by atoms with Gasteiger partial charge >= 0.3 is 0 Å². The van der Waals surface area contributed by atoms with Gasteiger partial charge in [0.25, 0.3) is 5.91 Å². The van der Waals surface area contributed by atoms with E-state index in [1.165, 1.54) is 24.3 Å². The maximum Gasteiger partial charge on any atom is 0.275 e. The van der Waals surface area contributed by atoms with Crippen molar-refractivity contribution in [2.45, 2.75) is 6.92 Å². The van der Waals surface area contributed by atoms with E-state index >= 15 is 0 Å². The SMILES string of the molecule is Cc1c(Cl)ccc2c1NC(=O)C2=Nc1ccc(F)cc1. The number of carbonyl (C=O) groups is 1. The second-order valence-electron chi connectivity index (χ2n) is 4.49. The first kappa shape index (κ1) is 12.8. The van der Waals surface area contributed by atoms with Gasteiger partial charge < -0.3 is 5.32 Å². The van der Waals surface area contributed by atoms with Crippen molar-refractivity contribution in [2.75, 3.05) is 5.32 Å². The number of nitrogens with one attached hydrogen (secondary N) is 1. The third-order valence-electron chi connectivity index (χ3n) is 3.18. The van der Waals surface area contributed by atoms with Gasteiger partial charge in [0.2, 0.25) is 0 Å². The van der Waals surface area contributed by atoms with Gasteiger partial charge in [0.15, 0.2) is 0 Å². The molecule has 100 valence electrons. The first-order valence-corrected chi connectivity index (χ1v) is 6.39. The maximum atomic E-state index is 12.9. The van der Waals surface area contributed by atoms with Crippen LogP contribution in [0.1, 0.15) is 11.1 Å². The lowest BCUT2D eigenvalue weighted by atomic mass is 10.1. The molecule has 1 aliphatic heterocycles. The summed E-state index contributed by atoms with van der Waals surface area (Å²) in [5, 5.41) is 3.35. The molecule has 3 nitrogen and oxygen atoms in total. The molecule has 1 aliphatic rings. The molecule has 1 heterocycles. The summed E-state index contributed by atoms with van der Waals surface area (Å²) >= 11 is 6.03. The molecule has 0 radical (unpaired) electrons. The molecule has 1 amide bonds. The molecule has 0 unspecified atom stereocenters. The number of amides is 1. The third-order valence-corrected chi connectivity index (χ3v) is 3.58. The summed E-state index contributed by atoms with van der Waals surface area (Å²) in [6.07, 6.45) is 0. The zero-order valence-electron chi connectivity index (χ0n) is 10.6. The van der Waals surface area contributed by atoms with Gasteiger partial charge in [0, 0.05) is 10.6 Å². The standard InChI is InChI=1S/C15H10ClFN2O/c1-8-12(16)7-6-11-13(8)19-15(20)14(11)18-10-4-2-9(17)3-5-10/h2-7H,1H3,(H,18,19,20). The minimum Gasteiger partial charge on any atom is -0.320 e. The van der Waals surface area contributed by atoms with Crippen LogP contribution in [0.3, 0.4) is 0 Å². The van der Waals surface area contributed by atoms with Crippen molar-refractivity contribution >= 4 is 34.6 Å². The first-order chi connectivity index (χ1) is 9.56. The molecule has 0 aromatic heterocycles. The lowest BCUT2D eigenvalue weighted by Gasteiger charge is -2.04. The second-order valence-corrected chi connectivity index (χ2v) is 4.89. The molecule has 0 atom stereocenters. The van der Waals surface area contributed by atoms with E-state index in [1.54, 1.807) is 12.1 Å². The number of benzene rings is 2. The van der Waals surface area contributed by atoms with Crippen molar-refractivity contribution in [2.24, 2.45) is 4.99 Å². The van der Waals surface area contributed by atoms with Crippen LogP contribution in [-0.2, 0) is 4.79 Å². The van der Waals surface area contributed by atoms with E-state index < -0.39 is 0 Å². The number of rotatable bonds is 1. The van der Waals surface area contributed by atoms with Crippen LogP contribution < -0.4 is 5.32 Å². The Morgan fingerprint density at radius 3 is 2.55 bits per heavy atom. The largest absolute Gasteiger partial charge is 0.320 e. The Hall–Kier alpha value is -2.20. The fraction of sp³-hybridized carbons (Fsp3) is 0.0667. The molecule has 0 fully saturated rings. The molecule has 3 rings (SSSR count). The molecule has 5 heteroatoms. The Balaban J connectivity index is 2.11. The predicted octanol–water partition coefficient (Wildman–Crippen LogP) is 3.86. The number of halogens is 2. The molecular weight excluding hydrogens is 279 g/mol. The van der Waals surface area contributed by atoms with E-state index in [9.17, 15) is 9.18 Å². The molecular formula is C15H10ClFN2O. The highest BCUT2D eigenvalue weighted by molar-refractivity contribution is 6.54. The van der Waals surface area contributed by atoms with Crippen LogP contribution in [0, 0.1) is 12.7 Å². The van der Waals surface area contributed by atoms with Gasteiger partial charge in [0.05, 0.1) is 11.4 Å². The summed E-state index contributed by atoms with van der Waals surface area (Å²) in [5.74, 6) is -0.623. The monoisotopic (exact) mass is 288 g/mol. The summed E-state index contributed by atoms with van der Waals surface area (Å²) < 4.78 is 12.9. The quantitative estimate of drug-likeness (QED) is 0.850. The summed E-state index contributed by atoms with van der Waals surface area (Å²) in [7, 11) is 0. The number of anilines is 1. The molecule has 0 bridgehead atoms. The minimum absolute atomic E-state index is 0.283. The Labute approximate surface area is 120 Å². The molecule has 2 aromatic rings. The van der Waals surface area contributed by atoms with E-state index in [0.29, 0.717) is 27.7 Å². The average molecular weight is 289 g/mol. The van der Waals surface area contributed by atoms with Crippen LogP contribution in [0.2, 0.25) is 5.02 Å². The summed E-state index contributed by atoms with van der Waals surface area (Å²) in [5.41, 5.74) is 3.04. The first-order valence-electron chi connectivity index (χ1n) is 6.01. The predicted molar refractivity (Wildman–Crippen MR) is 77.4 cm³/mol. The highest BCUT2D eigenvalue weighted by atomic mass is 35.5. The van der Waals surface area contributed by atoms with Gasteiger partial charge in [-0.3, -0.25) is 4.79 Å². The van der Waals surface area contributed by atoms with E-state index in [-0.39, 0.29) is 11.7 Å². The van der Waals surface area contributed by atoms with E-state index in [0.717, 1.165) is 5.56 Å². The van der Waals surface area contributed by atoms with Crippen molar-refractivity contribution < 1.29 is 9.18 Å². The highest BCUT2D eigenvalue weighted by Gasteiger charge is 2.28. The van der Waals surface area contributed by atoms with E-state index in [1.807, 2.05) is 6.92 Å². The Morgan fingerprint density at radius 2 is 1.85 bits per heavy atom. The van der Waals surface area contributed by atoms with Crippen molar-refractivity contribution in [1.82, 2.24) is 0 Å². The van der Waals surface area contributed by atoms with Crippen molar-refractivity contribution in [3.8, 4) is 0 Å². The molecule has 1 N–H and O–H groups in total. The van der Waals surface area contributed by atoms with Crippen LogP contribution in [0.25, 0.3) is 0 Å². The molecule has 0 spiro atoms. The summed E-state index contributed by atoms with van der Waals surface area (Å²) in [4.78, 5) is 16.3. The van der Waals surface area contributed by atoms with Crippen molar-refractivity contribution in [3.63, 3.8) is 0 Å². The lowest BCUT2D eigenvalue weighted by molar-refractivity contribution is -0.110. The number of aliphatic imine (C=N–C) groups is 1. The van der Waals surface area contributed by atoms with Crippen molar-refractivity contribution in [1.29, 1.82) is 0 Å². The Kier molecular flexibility index (Phi) is 3.03. The summed E-state index contributed by atoms with van der Waals surface area (Å²) in [6.45, 7) is 1.84. The smallest absolute Gasteiger partial charge is 0.275 e. The average Bonchev–Trinajstić information content (AvgIpc) is 2.74. The van der Waals surface area contributed by atoms with Gasteiger partial charge in [-0.25, -0.2) is 9.38 Å². The lowest BCUT2D eigenvalue weighted by Crippen LogP contribution is -2.13. The number of hydrogen-bond donors (Lipinski definition) is 1. The summed E-state index contributed by atoms with van der Waals surface area (Å²) in [6, 6.07) is 9.15. The second kappa shape index (κ2) is 4.72. The molecule has 0 aliphatic carbocycles. The van der Waals surface area contributed by atoms with E-state index in [4.69, 9.17) is 11.6 Å². The Bertz CT molecular complexity index is 738. The maximum absolute atomic E-state index is 12.9. The van der Waals surface area contributed by atoms with Crippen LogP contribution in [0.4, 0.5) is 15.8 Å². The van der Waals surface area contributed by atoms with Gasteiger partial charge in [0.1, 0.15) is 11.5 Å². The third kappa shape index (κ3) is 2.08. The highest BCUT2D eigenvalue weighted by Crippen LogP contribution is 2.33. The Morgan fingerprint density at radius 1 is 1.15 bits per heavy atom. The van der Waals surface area contributed by atoms with Crippen molar-refractivity contribution in [3.05, 3.63) is 58.4 Å². The van der Waals surface area contributed by atoms with Gasteiger partial charge in [-0.05, 0) is 48.9 Å². The zero-order chi connectivity index (χ0) is 14.3. The van der Waals surface area contributed by atoms with Gasteiger partial charge in [-0.2, -0.15) is 0 Å². The molecule has 20 heavy (non-hydrogen) atoms. The molecule has 0 saturated carbocycles. The molecule has 0 saturated heterocycles. The number of nitrogens with zero attached hydrogens (tertiary/aromatic N) is 1. The minimum atomic E-state index is -0.340.